The van der Waals surface area contributed by atoms with Gasteiger partial charge in [-0.25, -0.2) is 4.79 Å². The third-order valence-corrected chi connectivity index (χ3v) is 5.52. The van der Waals surface area contributed by atoms with Crippen molar-refractivity contribution in [1.29, 1.82) is 0 Å². The molecule has 0 spiro atoms. The Hall–Kier alpha value is -3.60. The summed E-state index contributed by atoms with van der Waals surface area (Å²) >= 11 is 1.38. The van der Waals surface area contributed by atoms with Gasteiger partial charge in [-0.15, -0.1) is 0 Å². The summed E-state index contributed by atoms with van der Waals surface area (Å²) < 4.78 is 0. The second kappa shape index (κ2) is 17.8. The van der Waals surface area contributed by atoms with Crippen molar-refractivity contribution < 1.29 is 33.9 Å². The van der Waals surface area contributed by atoms with Crippen LogP contribution in [0.25, 0.3) is 0 Å². The first-order valence-electron chi connectivity index (χ1n) is 11.3. The van der Waals surface area contributed by atoms with Gasteiger partial charge in [0.25, 0.3) is 0 Å². The van der Waals surface area contributed by atoms with Crippen molar-refractivity contribution in [3.63, 3.8) is 0 Å². The van der Waals surface area contributed by atoms with Gasteiger partial charge >= 0.3 is 5.97 Å². The minimum absolute atomic E-state index is 0.0430. The molecule has 0 aliphatic heterocycles. The van der Waals surface area contributed by atoms with Crippen LogP contribution in [0.3, 0.4) is 0 Å². The van der Waals surface area contributed by atoms with Crippen LogP contribution in [0.2, 0.25) is 0 Å². The Morgan fingerprint density at radius 1 is 0.811 bits per heavy atom. The number of amides is 5. The Kier molecular flexibility index (Phi) is 16.0. The van der Waals surface area contributed by atoms with Crippen molar-refractivity contribution in [1.82, 2.24) is 16.0 Å². The number of rotatable bonds is 19. The summed E-state index contributed by atoms with van der Waals surface area (Å²) in [5.41, 5.74) is 26.5. The molecule has 0 rings (SSSR count). The number of carboxylic acid groups (broad SMARTS) is 1. The highest BCUT2D eigenvalue weighted by molar-refractivity contribution is 7.98. The summed E-state index contributed by atoms with van der Waals surface area (Å²) in [4.78, 5) is 75.7. The van der Waals surface area contributed by atoms with Gasteiger partial charge in [0.15, 0.2) is 5.96 Å². The maximum atomic E-state index is 13.1. The number of nitrogens with one attached hydrogen (secondary N) is 3. The van der Waals surface area contributed by atoms with Gasteiger partial charge in [0, 0.05) is 13.0 Å². The maximum absolute atomic E-state index is 13.1. The van der Waals surface area contributed by atoms with E-state index in [4.69, 9.17) is 28.7 Å². The zero-order valence-electron chi connectivity index (χ0n) is 20.6. The van der Waals surface area contributed by atoms with E-state index in [-0.39, 0.29) is 44.6 Å². The molecule has 14 N–H and O–H groups in total. The molecule has 17 heteroatoms. The van der Waals surface area contributed by atoms with Gasteiger partial charge in [-0.1, -0.05) is 0 Å². The first-order chi connectivity index (χ1) is 17.3. The monoisotopic (exact) mass is 547 g/mol. The average Bonchev–Trinajstić information content (AvgIpc) is 2.80. The molecule has 0 radical (unpaired) electrons. The Bertz CT molecular complexity index is 852. The van der Waals surface area contributed by atoms with Gasteiger partial charge in [0.2, 0.25) is 29.5 Å². The highest BCUT2D eigenvalue weighted by Gasteiger charge is 2.30. The Labute approximate surface area is 218 Å². The third kappa shape index (κ3) is 15.2. The Morgan fingerprint density at radius 3 is 1.84 bits per heavy atom. The summed E-state index contributed by atoms with van der Waals surface area (Å²) in [6.07, 6.45) is 1.40. The lowest BCUT2D eigenvalue weighted by atomic mass is 10.1. The van der Waals surface area contributed by atoms with Crippen LogP contribution in [0.5, 0.6) is 0 Å². The molecule has 0 saturated carbocycles. The molecule has 5 amide bonds. The molecule has 0 aliphatic rings. The number of nitrogens with two attached hydrogens (primary N) is 5. The molecular weight excluding hydrogens is 510 g/mol. The molecule has 4 unspecified atom stereocenters. The van der Waals surface area contributed by atoms with Crippen molar-refractivity contribution in [2.24, 2.45) is 33.7 Å². The van der Waals surface area contributed by atoms with Crippen LogP contribution in [0.4, 0.5) is 0 Å². The second-order valence-corrected chi connectivity index (χ2v) is 9.02. The molecule has 0 aromatic carbocycles. The fraction of sp³-hybridized carbons (Fsp3) is 0.650. The van der Waals surface area contributed by atoms with Crippen molar-refractivity contribution in [2.45, 2.75) is 62.7 Å². The summed E-state index contributed by atoms with van der Waals surface area (Å²) in [5.74, 6) is -5.11. The summed E-state index contributed by atoms with van der Waals surface area (Å²) in [6.45, 7) is 0.152. The van der Waals surface area contributed by atoms with Gasteiger partial charge in [-0.05, 0) is 37.7 Å². The average molecular weight is 548 g/mol. The van der Waals surface area contributed by atoms with Crippen LogP contribution in [-0.4, -0.2) is 89.3 Å². The lowest BCUT2D eigenvalue weighted by Gasteiger charge is -2.25. The number of guanidine groups is 1. The molecule has 0 bridgehead atoms. The van der Waals surface area contributed by atoms with Crippen LogP contribution in [0, 0.1) is 0 Å². The highest BCUT2D eigenvalue weighted by atomic mass is 32.2. The fourth-order valence-electron chi connectivity index (χ4n) is 2.93. The lowest BCUT2D eigenvalue weighted by Crippen LogP contribution is -2.57. The molecule has 0 aromatic rings. The fourth-order valence-corrected chi connectivity index (χ4v) is 3.40. The summed E-state index contributed by atoms with van der Waals surface area (Å²) in [6, 6.07) is -5.06. The van der Waals surface area contributed by atoms with E-state index in [2.05, 4.69) is 20.9 Å². The molecule has 0 fully saturated rings. The van der Waals surface area contributed by atoms with Gasteiger partial charge < -0.3 is 49.7 Å². The summed E-state index contributed by atoms with van der Waals surface area (Å²) in [7, 11) is 0. The predicted molar refractivity (Wildman–Crippen MR) is 137 cm³/mol. The van der Waals surface area contributed by atoms with E-state index in [1.54, 1.807) is 6.26 Å². The molecule has 37 heavy (non-hydrogen) atoms. The van der Waals surface area contributed by atoms with Gasteiger partial charge in [0.1, 0.15) is 18.1 Å². The summed E-state index contributed by atoms with van der Waals surface area (Å²) in [5, 5.41) is 16.4. The number of hydrogen-bond acceptors (Lipinski definition) is 9. The Morgan fingerprint density at radius 2 is 1.35 bits per heavy atom. The van der Waals surface area contributed by atoms with Gasteiger partial charge in [0.05, 0.1) is 12.5 Å². The molecule has 0 saturated heterocycles. The van der Waals surface area contributed by atoms with Crippen LogP contribution in [0.1, 0.15) is 38.5 Å². The molecule has 0 aliphatic carbocycles. The first kappa shape index (κ1) is 33.4. The smallest absolute Gasteiger partial charge is 0.326 e. The zero-order valence-corrected chi connectivity index (χ0v) is 21.4. The van der Waals surface area contributed by atoms with E-state index in [9.17, 15) is 33.9 Å². The maximum Gasteiger partial charge on any atom is 0.326 e. The Balaban J connectivity index is 5.59. The van der Waals surface area contributed by atoms with E-state index in [0.29, 0.717) is 5.75 Å². The SMILES string of the molecule is CSCCC(NC(=O)C(CCCN=C(N)N)NC(=O)C(N)CCC(N)=O)C(=O)NC(CC(N)=O)C(=O)O. The standard InChI is InChI=1S/C20H37N9O7S/c1-37-8-6-12(18(34)29-13(19(35)36)9-15(23)31)28-17(33)11(3-2-7-26-20(24)25)27-16(32)10(21)4-5-14(22)30/h10-13H,2-9,21H2,1H3,(H2,22,30)(H2,23,31)(H,27,32)(H,28,33)(H,29,34)(H,35,36)(H4,24,25,26). The van der Waals surface area contributed by atoms with Crippen LogP contribution in [0.15, 0.2) is 4.99 Å². The number of nitrogens with zero attached hydrogens (tertiary/aromatic N) is 1. The molecule has 16 nitrogen and oxygen atoms in total. The van der Waals surface area contributed by atoms with E-state index in [1.807, 2.05) is 0 Å². The minimum Gasteiger partial charge on any atom is -0.480 e. The number of aliphatic carboxylic acids is 1. The molecule has 4 atom stereocenters. The van der Waals surface area contributed by atoms with Crippen LogP contribution >= 0.6 is 11.8 Å². The van der Waals surface area contributed by atoms with Crippen LogP contribution < -0.4 is 44.6 Å². The molecule has 0 aromatic heterocycles. The van der Waals surface area contributed by atoms with E-state index >= 15 is 0 Å². The van der Waals surface area contributed by atoms with E-state index in [1.165, 1.54) is 11.8 Å². The quantitative estimate of drug-likeness (QED) is 0.0424. The number of hydrogen-bond donors (Lipinski definition) is 9. The molecular formula is C20H37N9O7S. The van der Waals surface area contributed by atoms with Crippen LogP contribution in [-0.2, 0) is 28.8 Å². The molecule has 0 heterocycles. The van der Waals surface area contributed by atoms with Gasteiger partial charge in [-0.2, -0.15) is 11.8 Å². The van der Waals surface area contributed by atoms with Gasteiger partial charge in [-0.3, -0.25) is 29.0 Å². The topological polar surface area (TPSA) is 301 Å². The predicted octanol–water partition coefficient (Wildman–Crippen LogP) is -4.20. The van der Waals surface area contributed by atoms with E-state index < -0.39 is 66.1 Å². The first-order valence-corrected chi connectivity index (χ1v) is 12.7. The highest BCUT2D eigenvalue weighted by Crippen LogP contribution is 2.06. The number of thioether (sulfide) groups is 1. The van der Waals surface area contributed by atoms with Crippen molar-refractivity contribution in [2.75, 3.05) is 18.6 Å². The molecule has 210 valence electrons. The van der Waals surface area contributed by atoms with E-state index in [0.717, 1.165) is 0 Å². The lowest BCUT2D eigenvalue weighted by molar-refractivity contribution is -0.143. The number of carbonyl (C=O) groups excluding carboxylic acids is 5. The third-order valence-electron chi connectivity index (χ3n) is 4.88. The normalized spacial score (nSPS) is 13.8. The second-order valence-electron chi connectivity index (χ2n) is 8.03. The number of aliphatic imine (C=N–C) groups is 1. The van der Waals surface area contributed by atoms with Crippen molar-refractivity contribution in [3.8, 4) is 0 Å². The van der Waals surface area contributed by atoms with Crippen molar-refractivity contribution >= 4 is 53.2 Å². The minimum atomic E-state index is -1.59. The number of carboxylic acids is 1. The number of carbonyl (C=O) groups is 6. The zero-order chi connectivity index (χ0) is 28.5. The largest absolute Gasteiger partial charge is 0.480 e. The number of primary amides is 2. The van der Waals surface area contributed by atoms with Crippen molar-refractivity contribution in [3.05, 3.63) is 0 Å².